The zero-order valence-corrected chi connectivity index (χ0v) is 21.4. The molecule has 0 saturated heterocycles. The molecule has 0 bridgehead atoms. The van der Waals surface area contributed by atoms with E-state index >= 15 is 0 Å². The first-order chi connectivity index (χ1) is 18.6. The Labute approximate surface area is 221 Å². The summed E-state index contributed by atoms with van der Waals surface area (Å²) in [7, 11) is 0. The Morgan fingerprint density at radius 1 is 0.684 bits per heavy atom. The highest BCUT2D eigenvalue weighted by Crippen LogP contribution is 2.52. The third-order valence-corrected chi connectivity index (χ3v) is 8.39. The van der Waals surface area contributed by atoms with E-state index < -0.39 is 0 Å². The number of benzene rings is 5. The van der Waals surface area contributed by atoms with Crippen LogP contribution >= 0.6 is 0 Å². The van der Waals surface area contributed by atoms with Gasteiger partial charge in [0.05, 0.1) is 16.7 Å². The number of aromatic nitrogens is 1. The lowest BCUT2D eigenvalue weighted by Gasteiger charge is -2.32. The van der Waals surface area contributed by atoms with Crippen LogP contribution in [-0.2, 0) is 5.41 Å². The van der Waals surface area contributed by atoms with Gasteiger partial charge in [-0.05, 0) is 40.1 Å². The Morgan fingerprint density at radius 2 is 1.37 bits per heavy atom. The van der Waals surface area contributed by atoms with Gasteiger partial charge in [-0.1, -0.05) is 111 Å². The highest BCUT2D eigenvalue weighted by atomic mass is 15.2. The van der Waals surface area contributed by atoms with Crippen LogP contribution in [0.2, 0.25) is 0 Å². The molecule has 5 aromatic carbocycles. The van der Waals surface area contributed by atoms with Crippen LogP contribution in [0.4, 0.5) is 0 Å². The van der Waals surface area contributed by atoms with Gasteiger partial charge >= 0.3 is 0 Å². The minimum Gasteiger partial charge on any atom is -0.345 e. The molecule has 182 valence electrons. The summed E-state index contributed by atoms with van der Waals surface area (Å²) < 4.78 is 2.50. The van der Waals surface area contributed by atoms with Crippen LogP contribution in [0.3, 0.4) is 0 Å². The predicted octanol–water partition coefficient (Wildman–Crippen LogP) is 8.20. The lowest BCUT2D eigenvalue weighted by atomic mass is 9.84. The molecule has 1 aliphatic heterocycles. The molecule has 0 fully saturated rings. The summed E-state index contributed by atoms with van der Waals surface area (Å²) in [5.74, 6) is 0.918. The van der Waals surface area contributed by atoms with Gasteiger partial charge in [0.1, 0.15) is 12.0 Å². The Balaban J connectivity index is 1.48. The van der Waals surface area contributed by atoms with Crippen molar-refractivity contribution >= 4 is 44.0 Å². The Morgan fingerprint density at radius 3 is 2.21 bits per heavy atom. The first-order valence-corrected chi connectivity index (χ1v) is 13.3. The van der Waals surface area contributed by atoms with E-state index in [1.54, 1.807) is 0 Å². The van der Waals surface area contributed by atoms with E-state index in [1.807, 2.05) is 0 Å². The topological polar surface area (TPSA) is 29.3 Å². The lowest BCUT2D eigenvalue weighted by molar-refractivity contribution is 0.584. The number of fused-ring (bicyclic) bond motifs is 6. The molecule has 38 heavy (non-hydrogen) atoms. The van der Waals surface area contributed by atoms with Crippen LogP contribution in [0.1, 0.15) is 36.7 Å². The highest BCUT2D eigenvalue weighted by molar-refractivity contribution is 6.13. The van der Waals surface area contributed by atoms with Gasteiger partial charge in [-0.25, -0.2) is 4.99 Å². The number of hydrogen-bond donors (Lipinski definition) is 1. The molecule has 3 heteroatoms. The van der Waals surface area contributed by atoms with Crippen molar-refractivity contribution in [3.05, 3.63) is 138 Å². The molecule has 0 spiro atoms. The molecule has 1 N–H and O–H groups in total. The van der Waals surface area contributed by atoms with Gasteiger partial charge in [0.2, 0.25) is 0 Å². The van der Waals surface area contributed by atoms with Gasteiger partial charge in [-0.2, -0.15) is 0 Å². The van der Waals surface area contributed by atoms with E-state index in [1.165, 1.54) is 49.3 Å². The van der Waals surface area contributed by atoms with E-state index in [0.717, 1.165) is 17.1 Å². The van der Waals surface area contributed by atoms with Crippen molar-refractivity contribution in [1.29, 1.82) is 0 Å². The maximum Gasteiger partial charge on any atom is 0.135 e. The van der Waals surface area contributed by atoms with Crippen LogP contribution in [0.15, 0.2) is 126 Å². The minimum absolute atomic E-state index is 0.107. The molecule has 1 atom stereocenters. The van der Waals surface area contributed by atoms with Crippen molar-refractivity contribution in [2.24, 2.45) is 4.99 Å². The number of para-hydroxylation sites is 1. The lowest BCUT2D eigenvalue weighted by Crippen LogP contribution is -2.37. The number of hydrogen-bond acceptors (Lipinski definition) is 2. The maximum absolute atomic E-state index is 5.32. The molecule has 1 aliphatic carbocycles. The second-order valence-electron chi connectivity index (χ2n) is 10.9. The molecule has 2 aliphatic rings. The number of nitrogens with one attached hydrogen (secondary N) is 1. The van der Waals surface area contributed by atoms with Gasteiger partial charge in [0.25, 0.3) is 0 Å². The number of nitrogens with zero attached hydrogens (tertiary/aromatic N) is 2. The summed E-state index contributed by atoms with van der Waals surface area (Å²) in [6.07, 6.45) is -0.107. The van der Waals surface area contributed by atoms with Crippen molar-refractivity contribution < 1.29 is 0 Å². The molecule has 0 amide bonds. The molecule has 6 aromatic rings. The number of allylic oxidation sites excluding steroid dienone is 1. The zero-order valence-electron chi connectivity index (χ0n) is 21.4. The third-order valence-electron chi connectivity index (χ3n) is 8.39. The average molecular weight is 490 g/mol. The molecule has 0 radical (unpaired) electrons. The summed E-state index contributed by atoms with van der Waals surface area (Å²) >= 11 is 0. The summed E-state index contributed by atoms with van der Waals surface area (Å²) in [5, 5.41) is 8.97. The summed E-state index contributed by atoms with van der Waals surface area (Å²) in [4.78, 5) is 5.32. The number of rotatable bonds is 2. The van der Waals surface area contributed by atoms with Gasteiger partial charge in [-0.15, -0.1) is 0 Å². The Hall–Kier alpha value is -4.63. The molecule has 1 aromatic heterocycles. The van der Waals surface area contributed by atoms with Gasteiger partial charge in [0.15, 0.2) is 0 Å². The zero-order chi connectivity index (χ0) is 25.4. The smallest absolute Gasteiger partial charge is 0.135 e. The van der Waals surface area contributed by atoms with Crippen molar-refractivity contribution in [1.82, 2.24) is 9.88 Å². The molecular formula is C35H27N3. The minimum atomic E-state index is -0.197. The van der Waals surface area contributed by atoms with Gasteiger partial charge < -0.3 is 9.88 Å². The molecule has 2 heterocycles. The normalized spacial score (nSPS) is 17.9. The second-order valence-corrected chi connectivity index (χ2v) is 10.9. The SMILES string of the molecule is CC1(C)C2=C(c3ccccc31)C(n1c3ccccc3c3cc4ccccc4cc31)NC(c1ccccc1)=N2. The van der Waals surface area contributed by atoms with Crippen molar-refractivity contribution in [2.75, 3.05) is 0 Å². The average Bonchev–Trinajstić information content (AvgIpc) is 3.40. The summed E-state index contributed by atoms with van der Waals surface area (Å²) in [6, 6.07) is 41.5. The molecule has 0 saturated carbocycles. The van der Waals surface area contributed by atoms with Crippen molar-refractivity contribution in [3.63, 3.8) is 0 Å². The quantitative estimate of drug-likeness (QED) is 0.261. The van der Waals surface area contributed by atoms with E-state index in [9.17, 15) is 0 Å². The van der Waals surface area contributed by atoms with E-state index in [-0.39, 0.29) is 11.6 Å². The monoisotopic (exact) mass is 489 g/mol. The highest BCUT2D eigenvalue weighted by Gasteiger charge is 2.44. The van der Waals surface area contributed by atoms with Crippen LogP contribution in [0, 0.1) is 0 Å². The Bertz CT molecular complexity index is 1970. The van der Waals surface area contributed by atoms with Crippen LogP contribution < -0.4 is 5.32 Å². The molecular weight excluding hydrogens is 462 g/mol. The third kappa shape index (κ3) is 2.87. The fourth-order valence-electron chi connectivity index (χ4n) is 6.58. The first kappa shape index (κ1) is 21.5. The molecule has 3 nitrogen and oxygen atoms in total. The van der Waals surface area contributed by atoms with Crippen molar-refractivity contribution in [2.45, 2.75) is 25.4 Å². The Kier molecular flexibility index (Phi) is 4.34. The molecule has 1 unspecified atom stereocenters. The summed E-state index contributed by atoms with van der Waals surface area (Å²) in [5.41, 5.74) is 8.38. The number of amidine groups is 1. The molecule has 8 rings (SSSR count). The van der Waals surface area contributed by atoms with Crippen LogP contribution in [0.5, 0.6) is 0 Å². The largest absolute Gasteiger partial charge is 0.345 e. The van der Waals surface area contributed by atoms with Crippen LogP contribution in [0.25, 0.3) is 38.2 Å². The first-order valence-electron chi connectivity index (χ1n) is 13.3. The van der Waals surface area contributed by atoms with E-state index in [2.05, 4.69) is 139 Å². The summed E-state index contributed by atoms with van der Waals surface area (Å²) in [6.45, 7) is 4.62. The second kappa shape index (κ2) is 7.69. The van der Waals surface area contributed by atoms with Gasteiger partial charge in [-0.3, -0.25) is 0 Å². The standard InChI is InChI=1S/C35H27N3/c1-35(2)28-18-10-8-17-26(28)31-32(35)36-33(22-12-4-3-5-13-22)37-34(31)38-29-19-11-9-16-25(29)27-20-23-14-6-7-15-24(23)21-30(27)38/h3-21,34H,1-2H3,(H,36,37). The van der Waals surface area contributed by atoms with Crippen molar-refractivity contribution in [3.8, 4) is 0 Å². The van der Waals surface area contributed by atoms with E-state index in [4.69, 9.17) is 4.99 Å². The number of aliphatic imine (C=N–C) groups is 1. The van der Waals surface area contributed by atoms with Gasteiger partial charge in [0, 0.05) is 27.3 Å². The van der Waals surface area contributed by atoms with Crippen LogP contribution in [-0.4, -0.2) is 10.4 Å². The fraction of sp³-hybridized carbons (Fsp3) is 0.114. The maximum atomic E-state index is 5.32. The van der Waals surface area contributed by atoms with E-state index in [0.29, 0.717) is 0 Å². The predicted molar refractivity (Wildman–Crippen MR) is 158 cm³/mol. The fourth-order valence-corrected chi connectivity index (χ4v) is 6.58.